The van der Waals surface area contributed by atoms with Gasteiger partial charge in [0.15, 0.2) is 5.12 Å². The summed E-state index contributed by atoms with van der Waals surface area (Å²) in [4.78, 5) is 10.7. The van der Waals surface area contributed by atoms with Crippen LogP contribution in [0.1, 0.15) is 71.1 Å². The fourth-order valence-corrected chi connectivity index (χ4v) is 2.52. The minimum Gasteiger partial charge on any atom is -0.288 e. The summed E-state index contributed by atoms with van der Waals surface area (Å²) >= 11 is 1.38. The average Bonchev–Trinajstić information content (AvgIpc) is 2.28. The van der Waals surface area contributed by atoms with Gasteiger partial charge in [-0.3, -0.25) is 4.79 Å². The Morgan fingerprint density at radius 3 is 1.68 bits per heavy atom. The lowest BCUT2D eigenvalue weighted by molar-refractivity contribution is -0.135. The molecule has 0 aliphatic carbocycles. The van der Waals surface area contributed by atoms with E-state index in [2.05, 4.69) is 0 Å². The van der Waals surface area contributed by atoms with Crippen molar-refractivity contribution >= 4 is 16.9 Å². The number of alkyl halides is 3. The predicted molar refractivity (Wildman–Crippen MR) is 75.4 cm³/mol. The van der Waals surface area contributed by atoms with Crippen molar-refractivity contribution in [1.82, 2.24) is 0 Å². The Balaban J connectivity index is 3.05. The Hall–Kier alpha value is -0.190. The summed E-state index contributed by atoms with van der Waals surface area (Å²) in [5.41, 5.74) is 0. The maximum absolute atomic E-state index is 11.9. The van der Waals surface area contributed by atoms with E-state index in [0.29, 0.717) is 6.42 Å². The number of hydrogen-bond acceptors (Lipinski definition) is 2. The van der Waals surface area contributed by atoms with Crippen molar-refractivity contribution in [1.29, 1.82) is 0 Å². The van der Waals surface area contributed by atoms with Crippen LogP contribution in [0.2, 0.25) is 0 Å². The van der Waals surface area contributed by atoms with E-state index >= 15 is 0 Å². The fraction of sp³-hybridized carbons (Fsp3) is 0.929. The third-order valence-corrected chi connectivity index (χ3v) is 3.81. The zero-order valence-corrected chi connectivity index (χ0v) is 12.5. The fourth-order valence-electron chi connectivity index (χ4n) is 1.88. The summed E-state index contributed by atoms with van der Waals surface area (Å²) in [5, 5.41) is 0.179. The molecule has 0 rings (SSSR count). The third-order valence-electron chi connectivity index (χ3n) is 2.91. The molecule has 0 radical (unpaired) electrons. The molecule has 0 amide bonds. The zero-order valence-electron chi connectivity index (χ0n) is 11.7. The largest absolute Gasteiger partial charge is 0.389 e. The lowest BCUT2D eigenvalue weighted by Crippen LogP contribution is -2.06. The SMILES string of the molecule is CC(=O)SCCCCCCCCCCCC(F)(F)F. The second-order valence-corrected chi connectivity index (χ2v) is 6.16. The van der Waals surface area contributed by atoms with Gasteiger partial charge in [0.25, 0.3) is 0 Å². The smallest absolute Gasteiger partial charge is 0.288 e. The molecule has 19 heavy (non-hydrogen) atoms. The van der Waals surface area contributed by atoms with E-state index in [1.807, 2.05) is 0 Å². The first-order valence-electron chi connectivity index (χ1n) is 7.12. The minimum atomic E-state index is -3.99. The van der Waals surface area contributed by atoms with Gasteiger partial charge in [-0.25, -0.2) is 0 Å². The number of thioether (sulfide) groups is 1. The Kier molecular flexibility index (Phi) is 11.5. The van der Waals surface area contributed by atoms with Gasteiger partial charge in [-0.15, -0.1) is 0 Å². The molecule has 0 aliphatic heterocycles. The number of carbonyl (C=O) groups excluding carboxylic acids is 1. The molecule has 0 N–H and O–H groups in total. The van der Waals surface area contributed by atoms with Crippen molar-refractivity contribution in [3.05, 3.63) is 0 Å². The first kappa shape index (κ1) is 18.8. The van der Waals surface area contributed by atoms with Gasteiger partial charge in [-0.2, -0.15) is 13.2 Å². The number of unbranched alkanes of at least 4 members (excludes halogenated alkanes) is 8. The minimum absolute atomic E-state index is 0.179. The maximum Gasteiger partial charge on any atom is 0.389 e. The molecule has 0 fully saturated rings. The van der Waals surface area contributed by atoms with E-state index in [-0.39, 0.29) is 11.5 Å². The van der Waals surface area contributed by atoms with Crippen LogP contribution in [0.5, 0.6) is 0 Å². The van der Waals surface area contributed by atoms with Crippen molar-refractivity contribution in [2.24, 2.45) is 0 Å². The molecule has 0 aromatic heterocycles. The first-order chi connectivity index (χ1) is 8.92. The lowest BCUT2D eigenvalue weighted by atomic mass is 10.1. The number of halogens is 3. The van der Waals surface area contributed by atoms with Crippen molar-refractivity contribution in [3.63, 3.8) is 0 Å². The van der Waals surface area contributed by atoms with Gasteiger partial charge in [0.1, 0.15) is 0 Å². The Morgan fingerprint density at radius 1 is 0.842 bits per heavy atom. The van der Waals surface area contributed by atoms with Crippen LogP contribution < -0.4 is 0 Å². The molecular formula is C14H25F3OS. The van der Waals surface area contributed by atoms with Gasteiger partial charge in [0.05, 0.1) is 0 Å². The molecule has 0 aliphatic rings. The normalized spacial score (nSPS) is 11.8. The summed E-state index contributed by atoms with van der Waals surface area (Å²) < 4.78 is 35.6. The lowest BCUT2D eigenvalue weighted by Gasteiger charge is -2.05. The van der Waals surface area contributed by atoms with Crippen molar-refractivity contribution in [3.8, 4) is 0 Å². The highest BCUT2D eigenvalue weighted by molar-refractivity contribution is 8.13. The molecule has 0 heterocycles. The Labute approximate surface area is 118 Å². The first-order valence-corrected chi connectivity index (χ1v) is 8.10. The van der Waals surface area contributed by atoms with Gasteiger partial charge in [0, 0.05) is 19.1 Å². The number of hydrogen-bond donors (Lipinski definition) is 0. The molecule has 5 heteroatoms. The zero-order chi connectivity index (χ0) is 14.6. The Morgan fingerprint density at radius 2 is 1.26 bits per heavy atom. The predicted octanol–water partition coefficient (Wildman–Crippen LogP) is 5.73. The van der Waals surface area contributed by atoms with Crippen LogP contribution in [0.3, 0.4) is 0 Å². The van der Waals surface area contributed by atoms with Gasteiger partial charge >= 0.3 is 6.18 Å². The molecule has 0 saturated carbocycles. The van der Waals surface area contributed by atoms with Crippen LogP contribution in [0.4, 0.5) is 13.2 Å². The molecule has 0 unspecified atom stereocenters. The van der Waals surface area contributed by atoms with Gasteiger partial charge < -0.3 is 0 Å². The molecule has 0 bridgehead atoms. The highest BCUT2D eigenvalue weighted by Gasteiger charge is 2.25. The third kappa shape index (κ3) is 17.8. The molecule has 0 saturated heterocycles. The number of carbonyl (C=O) groups is 1. The second kappa shape index (κ2) is 11.6. The van der Waals surface area contributed by atoms with Crippen molar-refractivity contribution in [2.75, 3.05) is 5.75 Å². The molecule has 0 aromatic rings. The van der Waals surface area contributed by atoms with Crippen LogP contribution in [0, 0.1) is 0 Å². The van der Waals surface area contributed by atoms with Crippen LogP contribution in [0.25, 0.3) is 0 Å². The molecule has 0 atom stereocenters. The highest BCUT2D eigenvalue weighted by atomic mass is 32.2. The monoisotopic (exact) mass is 298 g/mol. The summed E-state index contributed by atoms with van der Waals surface area (Å²) in [7, 11) is 0. The topological polar surface area (TPSA) is 17.1 Å². The van der Waals surface area contributed by atoms with Crippen molar-refractivity contribution in [2.45, 2.75) is 77.3 Å². The maximum atomic E-state index is 11.9. The molecule has 1 nitrogen and oxygen atoms in total. The van der Waals surface area contributed by atoms with Crippen molar-refractivity contribution < 1.29 is 18.0 Å². The van der Waals surface area contributed by atoms with E-state index < -0.39 is 12.6 Å². The molecule has 0 spiro atoms. The van der Waals surface area contributed by atoms with Gasteiger partial charge in [0.2, 0.25) is 0 Å². The van der Waals surface area contributed by atoms with Gasteiger partial charge in [-0.1, -0.05) is 56.7 Å². The van der Waals surface area contributed by atoms with E-state index in [1.54, 1.807) is 6.92 Å². The molecular weight excluding hydrogens is 273 g/mol. The van der Waals surface area contributed by atoms with E-state index in [9.17, 15) is 18.0 Å². The summed E-state index contributed by atoms with van der Waals surface area (Å²) in [6, 6.07) is 0. The summed E-state index contributed by atoms with van der Waals surface area (Å²) in [6.45, 7) is 1.59. The average molecular weight is 298 g/mol. The Bertz CT molecular complexity index is 229. The van der Waals surface area contributed by atoms with E-state index in [1.165, 1.54) is 18.2 Å². The van der Waals surface area contributed by atoms with Crippen LogP contribution in [-0.2, 0) is 4.79 Å². The van der Waals surface area contributed by atoms with Gasteiger partial charge in [-0.05, 0) is 12.8 Å². The van der Waals surface area contributed by atoms with Crippen LogP contribution in [0.15, 0.2) is 0 Å². The molecule has 0 aromatic carbocycles. The van der Waals surface area contributed by atoms with Crippen LogP contribution >= 0.6 is 11.8 Å². The van der Waals surface area contributed by atoms with E-state index in [0.717, 1.165) is 44.3 Å². The second-order valence-electron chi connectivity index (χ2n) is 4.89. The van der Waals surface area contributed by atoms with E-state index in [4.69, 9.17) is 0 Å². The van der Waals surface area contributed by atoms with Crippen LogP contribution in [-0.4, -0.2) is 17.0 Å². The molecule has 114 valence electrons. The summed E-state index contributed by atoms with van der Waals surface area (Å²) in [6.07, 6.45) is 3.95. The standard InChI is InChI=1S/C14H25F3OS/c1-13(18)19-12-10-8-6-4-2-3-5-7-9-11-14(15,16)17/h2-12H2,1H3. The number of rotatable bonds is 11. The highest BCUT2D eigenvalue weighted by Crippen LogP contribution is 2.23. The quantitative estimate of drug-likeness (QED) is 0.453. The summed E-state index contributed by atoms with van der Waals surface area (Å²) in [5.74, 6) is 0.909.